The van der Waals surface area contributed by atoms with E-state index in [0.29, 0.717) is 0 Å². The molecule has 0 bridgehead atoms. The number of carboxylic acids is 1. The van der Waals surface area contributed by atoms with Crippen LogP contribution >= 0.6 is 12.2 Å². The van der Waals surface area contributed by atoms with Crippen LogP contribution < -0.4 is 5.56 Å². The van der Waals surface area contributed by atoms with Gasteiger partial charge in [0.25, 0.3) is 5.56 Å². The average molecular weight is 347 g/mol. The van der Waals surface area contributed by atoms with E-state index in [9.17, 15) is 19.8 Å². The van der Waals surface area contributed by atoms with Gasteiger partial charge in [0, 0.05) is 18.8 Å². The molecular formula is C15H13N3O5S. The van der Waals surface area contributed by atoms with E-state index in [1.54, 1.807) is 0 Å². The molecule has 0 fully saturated rings. The second-order valence-corrected chi connectivity index (χ2v) is 5.05. The van der Waals surface area contributed by atoms with Crippen molar-refractivity contribution in [1.29, 1.82) is 0 Å². The lowest BCUT2D eigenvalue weighted by Gasteiger charge is -2.08. The number of aromatic carboxylic acids is 1. The van der Waals surface area contributed by atoms with Crippen molar-refractivity contribution in [2.24, 2.45) is 4.99 Å². The van der Waals surface area contributed by atoms with Crippen molar-refractivity contribution in [3.63, 3.8) is 0 Å². The summed E-state index contributed by atoms with van der Waals surface area (Å²) >= 11 is 4.95. The Kier molecular flexibility index (Phi) is 4.95. The number of phenols is 1. The van der Waals surface area contributed by atoms with Crippen molar-refractivity contribution in [1.82, 2.24) is 9.55 Å². The van der Waals surface area contributed by atoms with E-state index in [1.165, 1.54) is 22.8 Å². The summed E-state index contributed by atoms with van der Waals surface area (Å²) in [6.45, 7) is 3.73. The van der Waals surface area contributed by atoms with E-state index >= 15 is 0 Å². The molecule has 0 radical (unpaired) electrons. The number of allylic oxidation sites excluding steroid dienone is 1. The molecule has 1 aromatic carbocycles. The van der Waals surface area contributed by atoms with Crippen LogP contribution in [0.15, 0.2) is 40.6 Å². The van der Waals surface area contributed by atoms with Crippen LogP contribution in [0.3, 0.4) is 0 Å². The third kappa shape index (κ3) is 3.41. The fourth-order valence-electron chi connectivity index (χ4n) is 1.91. The second kappa shape index (κ2) is 6.92. The zero-order chi connectivity index (χ0) is 17.9. The summed E-state index contributed by atoms with van der Waals surface area (Å²) in [5, 5.41) is 28.6. The van der Waals surface area contributed by atoms with Crippen LogP contribution in [0.5, 0.6) is 11.6 Å². The van der Waals surface area contributed by atoms with Crippen molar-refractivity contribution in [3.8, 4) is 11.6 Å². The van der Waals surface area contributed by atoms with E-state index in [4.69, 9.17) is 17.3 Å². The van der Waals surface area contributed by atoms with Gasteiger partial charge in [0.15, 0.2) is 4.77 Å². The minimum absolute atomic E-state index is 0.0398. The van der Waals surface area contributed by atoms with Gasteiger partial charge in [-0.2, -0.15) is 0 Å². The van der Waals surface area contributed by atoms with Crippen molar-refractivity contribution in [3.05, 3.63) is 57.1 Å². The number of benzene rings is 1. The Morgan fingerprint density at radius 3 is 2.71 bits per heavy atom. The fraction of sp³-hybridized carbons (Fsp3) is 0.0667. The topological polar surface area (TPSA) is 128 Å². The SMILES string of the molecule is C=CCn1c(O)c(C=Nc2ccc(C(=O)O)c(O)c2)c(=O)[nH]c1=S. The maximum atomic E-state index is 11.9. The molecule has 0 saturated carbocycles. The average Bonchev–Trinajstić information content (AvgIpc) is 2.50. The Labute approximate surface area is 140 Å². The molecule has 0 unspecified atom stereocenters. The predicted molar refractivity (Wildman–Crippen MR) is 90.1 cm³/mol. The van der Waals surface area contributed by atoms with Crippen LogP contribution in [0, 0.1) is 4.77 Å². The molecule has 9 heteroatoms. The van der Waals surface area contributed by atoms with Crippen molar-refractivity contribution >= 4 is 30.1 Å². The zero-order valence-electron chi connectivity index (χ0n) is 12.3. The van der Waals surface area contributed by atoms with Crippen LogP contribution in [0.2, 0.25) is 0 Å². The summed E-state index contributed by atoms with van der Waals surface area (Å²) in [5.41, 5.74) is -0.830. The van der Waals surface area contributed by atoms with Gasteiger partial charge in [-0.15, -0.1) is 6.58 Å². The van der Waals surface area contributed by atoms with Crippen LogP contribution in [-0.2, 0) is 6.54 Å². The highest BCUT2D eigenvalue weighted by Gasteiger charge is 2.11. The first-order valence-electron chi connectivity index (χ1n) is 6.62. The van der Waals surface area contributed by atoms with Crippen molar-refractivity contribution in [2.75, 3.05) is 0 Å². The lowest BCUT2D eigenvalue weighted by molar-refractivity contribution is 0.0694. The smallest absolute Gasteiger partial charge is 0.339 e. The van der Waals surface area contributed by atoms with Crippen LogP contribution in [0.25, 0.3) is 0 Å². The summed E-state index contributed by atoms with van der Waals surface area (Å²) in [7, 11) is 0. The molecule has 0 spiro atoms. The lowest BCUT2D eigenvalue weighted by atomic mass is 10.2. The highest BCUT2D eigenvalue weighted by Crippen LogP contribution is 2.24. The van der Waals surface area contributed by atoms with Gasteiger partial charge < -0.3 is 15.3 Å². The van der Waals surface area contributed by atoms with E-state index in [2.05, 4.69) is 16.6 Å². The molecule has 2 aromatic rings. The molecule has 0 aliphatic heterocycles. The number of aromatic nitrogens is 2. The van der Waals surface area contributed by atoms with Gasteiger partial charge in [0.2, 0.25) is 5.88 Å². The fourth-order valence-corrected chi connectivity index (χ4v) is 2.16. The number of hydrogen-bond acceptors (Lipinski definition) is 6. The molecule has 8 nitrogen and oxygen atoms in total. The summed E-state index contributed by atoms with van der Waals surface area (Å²) in [4.78, 5) is 29.1. The van der Waals surface area contributed by atoms with E-state index in [-0.39, 0.29) is 34.0 Å². The summed E-state index contributed by atoms with van der Waals surface area (Å²) in [6.07, 6.45) is 2.59. The summed E-state index contributed by atoms with van der Waals surface area (Å²) in [6, 6.07) is 3.66. The standard InChI is InChI=1S/C15H13N3O5S/c1-2-5-18-13(21)10(12(20)17-15(18)24)7-16-8-3-4-9(14(22)23)11(19)6-8/h2-4,6-7,19,21H,1,5H2,(H,22,23)(H,17,20,24). The Balaban J connectivity index is 2.46. The number of aromatic hydroxyl groups is 2. The number of nitrogens with one attached hydrogen (secondary N) is 1. The minimum Gasteiger partial charge on any atom is -0.507 e. The Bertz CT molecular complexity index is 959. The van der Waals surface area contributed by atoms with E-state index in [0.717, 1.165) is 12.3 Å². The molecule has 4 N–H and O–H groups in total. The first-order valence-corrected chi connectivity index (χ1v) is 7.03. The quantitative estimate of drug-likeness (QED) is 0.372. The summed E-state index contributed by atoms with van der Waals surface area (Å²) < 4.78 is 1.30. The highest BCUT2D eigenvalue weighted by molar-refractivity contribution is 7.71. The van der Waals surface area contributed by atoms with Gasteiger partial charge >= 0.3 is 5.97 Å². The maximum Gasteiger partial charge on any atom is 0.339 e. The van der Waals surface area contributed by atoms with Gasteiger partial charge in [0.1, 0.15) is 16.9 Å². The molecule has 24 heavy (non-hydrogen) atoms. The highest BCUT2D eigenvalue weighted by atomic mass is 32.1. The van der Waals surface area contributed by atoms with Gasteiger partial charge in [-0.05, 0) is 24.4 Å². The lowest BCUT2D eigenvalue weighted by Crippen LogP contribution is -2.18. The molecule has 1 aromatic heterocycles. The number of carboxylic acid groups (broad SMARTS) is 1. The molecule has 0 amide bonds. The molecule has 2 rings (SSSR count). The van der Waals surface area contributed by atoms with Crippen molar-refractivity contribution in [2.45, 2.75) is 6.54 Å². The van der Waals surface area contributed by atoms with Gasteiger partial charge in [-0.25, -0.2) is 4.79 Å². The number of carbonyl (C=O) groups is 1. The third-order valence-electron chi connectivity index (χ3n) is 3.07. The molecule has 0 saturated heterocycles. The number of hydrogen-bond donors (Lipinski definition) is 4. The van der Waals surface area contributed by atoms with Crippen molar-refractivity contribution < 1.29 is 20.1 Å². The molecule has 1 heterocycles. The zero-order valence-corrected chi connectivity index (χ0v) is 13.1. The monoisotopic (exact) mass is 347 g/mol. The molecular weight excluding hydrogens is 334 g/mol. The van der Waals surface area contributed by atoms with Crippen LogP contribution in [0.4, 0.5) is 5.69 Å². The first-order chi connectivity index (χ1) is 11.3. The third-order valence-corrected chi connectivity index (χ3v) is 3.40. The van der Waals surface area contributed by atoms with Crippen LogP contribution in [-0.4, -0.2) is 37.1 Å². The number of aliphatic imine (C=N–C) groups is 1. The first kappa shape index (κ1) is 17.2. The number of aromatic amines is 1. The number of H-pyrrole nitrogens is 1. The van der Waals surface area contributed by atoms with Gasteiger partial charge in [-0.3, -0.25) is 19.3 Å². The predicted octanol–water partition coefficient (Wildman–Crippen LogP) is 1.95. The normalized spacial score (nSPS) is 10.8. The molecule has 0 aliphatic rings. The largest absolute Gasteiger partial charge is 0.507 e. The maximum absolute atomic E-state index is 11.9. The summed E-state index contributed by atoms with van der Waals surface area (Å²) in [5.74, 6) is -2.11. The molecule has 124 valence electrons. The van der Waals surface area contributed by atoms with Crippen LogP contribution in [0.1, 0.15) is 15.9 Å². The number of rotatable bonds is 5. The molecule has 0 atom stereocenters. The van der Waals surface area contributed by atoms with E-state index < -0.39 is 17.3 Å². The Morgan fingerprint density at radius 2 is 2.12 bits per heavy atom. The minimum atomic E-state index is -1.27. The van der Waals surface area contributed by atoms with E-state index in [1.807, 2.05) is 0 Å². The van der Waals surface area contributed by atoms with Gasteiger partial charge in [0.05, 0.1) is 5.69 Å². The second-order valence-electron chi connectivity index (χ2n) is 4.66. The van der Waals surface area contributed by atoms with Gasteiger partial charge in [-0.1, -0.05) is 6.08 Å². The Morgan fingerprint density at radius 1 is 1.42 bits per heavy atom. The Hall–Kier alpha value is -3.20. The number of nitrogens with zero attached hydrogens (tertiary/aromatic N) is 2. The molecule has 0 aliphatic carbocycles.